The predicted molar refractivity (Wildman–Crippen MR) is 131 cm³/mol. The van der Waals surface area contributed by atoms with Gasteiger partial charge in [0.1, 0.15) is 17.6 Å². The maximum Gasteiger partial charge on any atom is 0.430 e. The summed E-state index contributed by atoms with van der Waals surface area (Å²) in [5.74, 6) is 0.843. The normalized spacial score (nSPS) is 12.9. The smallest absolute Gasteiger partial charge is 0.430 e. The van der Waals surface area contributed by atoms with Crippen molar-refractivity contribution in [3.63, 3.8) is 0 Å². The van der Waals surface area contributed by atoms with E-state index in [1.165, 1.54) is 17.3 Å². The van der Waals surface area contributed by atoms with Crippen LogP contribution in [0.3, 0.4) is 0 Å². The molecule has 0 fully saturated rings. The van der Waals surface area contributed by atoms with Crippen LogP contribution < -0.4 is 19.2 Å². The quantitative estimate of drug-likeness (QED) is 0.361. The van der Waals surface area contributed by atoms with Crippen LogP contribution in [0.4, 0.5) is 17.1 Å². The minimum atomic E-state index is 0.656. The highest BCUT2D eigenvalue weighted by Gasteiger charge is 2.16. The van der Waals surface area contributed by atoms with Crippen molar-refractivity contribution in [2.24, 2.45) is 10.2 Å². The number of rotatable bonds is 7. The zero-order valence-electron chi connectivity index (χ0n) is 18.5. The molecule has 0 atom stereocenters. The topological polar surface area (TPSA) is 55.2 Å². The van der Waals surface area contributed by atoms with E-state index in [1.54, 1.807) is 13.3 Å². The molecule has 0 saturated heterocycles. The highest BCUT2D eigenvalue weighted by Crippen LogP contribution is 2.31. The number of benzene rings is 2. The second-order valence-electron chi connectivity index (χ2n) is 7.45. The van der Waals surface area contributed by atoms with Gasteiger partial charge < -0.3 is 9.64 Å². The number of pyridine rings is 1. The lowest BCUT2D eigenvalue weighted by Gasteiger charge is -2.24. The number of hydrogen-bond acceptors (Lipinski definition) is 6. The third-order valence-electron chi connectivity index (χ3n) is 5.18. The molecule has 161 valence electrons. The first kappa shape index (κ1) is 21.8. The fourth-order valence-corrected chi connectivity index (χ4v) is 3.80. The molecule has 0 spiro atoms. The highest BCUT2D eigenvalue weighted by atomic mass is 32.2. The van der Waals surface area contributed by atoms with Crippen molar-refractivity contribution < 1.29 is 9.30 Å². The Morgan fingerprint density at radius 3 is 2.38 bits per heavy atom. The third kappa shape index (κ3) is 5.42. The molecule has 1 aliphatic heterocycles. The molecule has 2 heterocycles. The van der Waals surface area contributed by atoms with Gasteiger partial charge in [-0.1, -0.05) is 0 Å². The molecule has 1 aromatic heterocycles. The molecule has 6 nitrogen and oxygen atoms in total. The zero-order chi connectivity index (χ0) is 22.3. The number of aliphatic imine (C=N–C) groups is 1. The Morgan fingerprint density at radius 1 is 0.969 bits per heavy atom. The lowest BCUT2D eigenvalue weighted by atomic mass is 10.1. The van der Waals surface area contributed by atoms with E-state index in [-0.39, 0.29) is 0 Å². The Morgan fingerprint density at radius 2 is 1.72 bits per heavy atom. The number of anilines is 2. The summed E-state index contributed by atoms with van der Waals surface area (Å²) in [6.07, 6.45) is 5.97. The number of azo groups is 1. The van der Waals surface area contributed by atoms with E-state index >= 15 is 0 Å². The van der Waals surface area contributed by atoms with E-state index in [1.807, 2.05) is 23.6 Å². The molecule has 1 aliphatic rings. The Bertz CT molecular complexity index is 1150. The molecule has 4 rings (SSSR count). The van der Waals surface area contributed by atoms with E-state index < -0.39 is 0 Å². The molecule has 0 amide bonds. The van der Waals surface area contributed by atoms with Gasteiger partial charge in [-0.25, -0.2) is 4.57 Å². The number of aromatic nitrogens is 1. The summed E-state index contributed by atoms with van der Waals surface area (Å²) in [6, 6.07) is 18.7. The largest absolute Gasteiger partial charge is 0.497 e. The van der Waals surface area contributed by atoms with Crippen molar-refractivity contribution in [3.8, 4) is 5.75 Å². The Balaban J connectivity index is 1.59. The van der Waals surface area contributed by atoms with Crippen LogP contribution in [0.15, 0.2) is 88.8 Å². The van der Waals surface area contributed by atoms with Gasteiger partial charge in [-0.3, -0.25) is 0 Å². The van der Waals surface area contributed by atoms with Gasteiger partial charge in [0.15, 0.2) is 18.9 Å². The van der Waals surface area contributed by atoms with Gasteiger partial charge >= 0.3 is 5.17 Å². The maximum absolute atomic E-state index is 5.34. The maximum atomic E-state index is 5.34. The van der Waals surface area contributed by atoms with Crippen molar-refractivity contribution >= 4 is 34.0 Å². The standard InChI is InChI=1S/C25H26N5OS/c1-19-10-13-29(14-11-19)15-16-30(21-4-7-23(31-3)8-5-21)22-6-9-24(20(2)18-22)27-28-25-26-12-17-32-25/h4-14,17-18H,15-16H2,1-3H3/q+2. The van der Waals surface area contributed by atoms with Crippen molar-refractivity contribution in [1.82, 2.24) is 4.99 Å². The van der Waals surface area contributed by atoms with Crippen molar-refractivity contribution in [2.75, 3.05) is 18.6 Å². The van der Waals surface area contributed by atoms with Gasteiger partial charge in [0.2, 0.25) is 0 Å². The molecule has 0 bridgehead atoms. The summed E-state index contributed by atoms with van der Waals surface area (Å²) in [5.41, 5.74) is 5.37. The van der Waals surface area contributed by atoms with Crippen molar-refractivity contribution in [1.29, 1.82) is 0 Å². The van der Waals surface area contributed by atoms with Gasteiger partial charge in [-0.15, -0.1) is 0 Å². The molecule has 1 radical (unpaired) electrons. The first-order valence-electron chi connectivity index (χ1n) is 10.4. The van der Waals surface area contributed by atoms with Crippen molar-refractivity contribution in [2.45, 2.75) is 20.4 Å². The number of nitrogens with zero attached hydrogens (tertiary/aromatic N) is 5. The third-order valence-corrected chi connectivity index (χ3v) is 5.83. The highest BCUT2D eigenvalue weighted by molar-refractivity contribution is 8.16. The summed E-state index contributed by atoms with van der Waals surface area (Å²) >= 11 is 1.47. The summed E-state index contributed by atoms with van der Waals surface area (Å²) in [4.78, 5) is 6.46. The van der Waals surface area contributed by atoms with Crippen LogP contribution in [0.5, 0.6) is 5.75 Å². The molecule has 3 aromatic rings. The molecule has 0 unspecified atom stereocenters. The number of aryl methyl sites for hydroxylation is 2. The number of ether oxygens (including phenoxy) is 1. The van der Waals surface area contributed by atoms with E-state index in [2.05, 4.69) is 87.3 Å². The van der Waals surface area contributed by atoms with Gasteiger partial charge in [-0.2, -0.15) is 0 Å². The molecule has 7 heteroatoms. The van der Waals surface area contributed by atoms with Gasteiger partial charge in [-0.05, 0) is 77.5 Å². The van der Waals surface area contributed by atoms with Crippen molar-refractivity contribution in [3.05, 3.63) is 89.7 Å². The lowest BCUT2D eigenvalue weighted by molar-refractivity contribution is -0.694. The Labute approximate surface area is 193 Å². The van der Waals surface area contributed by atoms with Gasteiger partial charge in [0, 0.05) is 40.7 Å². The van der Waals surface area contributed by atoms with E-state index in [4.69, 9.17) is 4.74 Å². The molecular formula is C25H26N5OS+2. The molecule has 0 N–H and O–H groups in total. The predicted octanol–water partition coefficient (Wildman–Crippen LogP) is 5.43. The molecule has 2 aromatic carbocycles. The average molecular weight is 445 g/mol. The summed E-state index contributed by atoms with van der Waals surface area (Å²) in [5, 5.41) is 11.2. The fourth-order valence-electron chi connectivity index (χ4n) is 3.35. The van der Waals surface area contributed by atoms with E-state index in [0.29, 0.717) is 5.17 Å². The average Bonchev–Trinajstić information content (AvgIpc) is 3.34. The monoisotopic (exact) mass is 444 g/mol. The minimum Gasteiger partial charge on any atom is -0.497 e. The van der Waals surface area contributed by atoms with Crippen LogP contribution in [0.2, 0.25) is 0 Å². The van der Waals surface area contributed by atoms with Gasteiger partial charge in [0.25, 0.3) is 0 Å². The van der Waals surface area contributed by atoms with Crippen LogP contribution in [0.1, 0.15) is 11.1 Å². The zero-order valence-corrected chi connectivity index (χ0v) is 19.3. The summed E-state index contributed by atoms with van der Waals surface area (Å²) in [7, 11) is 1.68. The number of amidine groups is 1. The van der Waals surface area contributed by atoms with E-state index in [9.17, 15) is 0 Å². The SMILES string of the molecule is COc1ccc(N(CC[n+]2ccc(C)cc2)c2ccc(N=NC3=[N+]C=CS3)c(C)c2)cc1. The molecule has 0 saturated carbocycles. The summed E-state index contributed by atoms with van der Waals surface area (Å²) < 4.78 is 7.54. The second kappa shape index (κ2) is 10.2. The number of hydrogen-bond donors (Lipinski definition) is 0. The fraction of sp³-hybridized carbons (Fsp3) is 0.200. The second-order valence-corrected chi connectivity index (χ2v) is 8.32. The lowest BCUT2D eigenvalue weighted by Crippen LogP contribution is -2.38. The Kier molecular flexibility index (Phi) is 6.97. The molecule has 0 aliphatic carbocycles. The Hall–Kier alpha value is -3.45. The van der Waals surface area contributed by atoms with Crippen LogP contribution in [0.25, 0.3) is 0 Å². The van der Waals surface area contributed by atoms with E-state index in [0.717, 1.165) is 41.5 Å². The van der Waals surface area contributed by atoms with Crippen LogP contribution in [-0.2, 0) is 6.54 Å². The number of thioether (sulfide) groups is 1. The minimum absolute atomic E-state index is 0.656. The van der Waals surface area contributed by atoms with Gasteiger partial charge in [0.05, 0.1) is 18.8 Å². The molecular weight excluding hydrogens is 418 g/mol. The number of methoxy groups -OCH3 is 1. The van der Waals surface area contributed by atoms with Crippen LogP contribution in [-0.4, -0.2) is 18.8 Å². The van der Waals surface area contributed by atoms with Crippen LogP contribution >= 0.6 is 11.8 Å². The first-order chi connectivity index (χ1) is 15.6. The molecule has 32 heavy (non-hydrogen) atoms. The van der Waals surface area contributed by atoms with Crippen LogP contribution in [0, 0.1) is 13.8 Å². The first-order valence-corrected chi connectivity index (χ1v) is 11.3. The summed E-state index contributed by atoms with van der Waals surface area (Å²) in [6.45, 7) is 5.83.